The molecule has 0 saturated carbocycles. The summed E-state index contributed by atoms with van der Waals surface area (Å²) in [7, 11) is 0. The number of amides is 1. The molecule has 1 aromatic heterocycles. The van der Waals surface area contributed by atoms with Gasteiger partial charge in [-0.15, -0.1) is 0 Å². The highest BCUT2D eigenvalue weighted by Gasteiger charge is 2.47. The van der Waals surface area contributed by atoms with Crippen LogP contribution in [0.4, 0.5) is 11.4 Å². The minimum atomic E-state index is -0.963. The molecule has 1 fully saturated rings. The zero-order valence-electron chi connectivity index (χ0n) is 15.5. The van der Waals surface area contributed by atoms with Gasteiger partial charge in [0, 0.05) is 23.9 Å². The Morgan fingerprint density at radius 2 is 1.70 bits per heavy atom. The van der Waals surface area contributed by atoms with Crippen LogP contribution >= 0.6 is 0 Å². The highest BCUT2D eigenvalue weighted by atomic mass is 16.6. The van der Waals surface area contributed by atoms with Crippen LogP contribution in [0.2, 0.25) is 0 Å². The number of anilines is 1. The van der Waals surface area contributed by atoms with Crippen molar-refractivity contribution in [3.05, 3.63) is 106 Å². The van der Waals surface area contributed by atoms with Crippen molar-refractivity contribution in [2.45, 2.75) is 6.04 Å². The van der Waals surface area contributed by atoms with Gasteiger partial charge in [0.1, 0.15) is 5.76 Å². The monoisotopic (exact) mass is 401 g/mol. The summed E-state index contributed by atoms with van der Waals surface area (Å²) in [5.74, 6) is -1.98. The number of Topliss-reactive ketones (excluding diaryl/α,β-unsaturated/α-hetero) is 1. The minimum Gasteiger partial charge on any atom is -0.507 e. The van der Waals surface area contributed by atoms with Crippen molar-refractivity contribution < 1.29 is 19.6 Å². The lowest BCUT2D eigenvalue weighted by molar-refractivity contribution is -0.384. The fourth-order valence-electron chi connectivity index (χ4n) is 3.44. The van der Waals surface area contributed by atoms with Gasteiger partial charge in [-0.05, 0) is 29.8 Å². The number of nitrogens with zero attached hydrogens (tertiary/aromatic N) is 3. The van der Waals surface area contributed by atoms with Gasteiger partial charge in [0.25, 0.3) is 17.4 Å². The van der Waals surface area contributed by atoms with E-state index in [0.29, 0.717) is 16.8 Å². The molecule has 30 heavy (non-hydrogen) atoms. The van der Waals surface area contributed by atoms with Gasteiger partial charge in [-0.2, -0.15) is 0 Å². The number of benzene rings is 2. The Morgan fingerprint density at radius 1 is 1.00 bits per heavy atom. The molecule has 0 spiro atoms. The van der Waals surface area contributed by atoms with Crippen LogP contribution in [-0.4, -0.2) is 26.7 Å². The molecule has 2 heterocycles. The lowest BCUT2D eigenvalue weighted by Gasteiger charge is -2.25. The molecule has 0 aliphatic carbocycles. The molecule has 1 unspecified atom stereocenters. The zero-order valence-corrected chi connectivity index (χ0v) is 15.5. The standard InChI is InChI=1S/C22H15N3O5/c26-20(15-5-2-1-3-6-15)18-19(14-8-10-16(11-9-14)25(29)30)24(22(28)21(18)27)17-7-4-12-23-13-17/h1-13,19,26H/b20-18-. The summed E-state index contributed by atoms with van der Waals surface area (Å²) in [5.41, 5.74) is 0.980. The smallest absolute Gasteiger partial charge is 0.300 e. The molecule has 1 aliphatic rings. The van der Waals surface area contributed by atoms with Gasteiger partial charge in [0.05, 0.1) is 28.4 Å². The Hall–Kier alpha value is -4.33. The molecule has 0 radical (unpaired) electrons. The molecule has 8 heteroatoms. The molecule has 0 bridgehead atoms. The van der Waals surface area contributed by atoms with Gasteiger partial charge in [-0.1, -0.05) is 30.3 Å². The van der Waals surface area contributed by atoms with E-state index in [-0.39, 0.29) is 17.0 Å². The summed E-state index contributed by atoms with van der Waals surface area (Å²) in [4.78, 5) is 41.6. The quantitative estimate of drug-likeness (QED) is 0.235. The van der Waals surface area contributed by atoms with E-state index < -0.39 is 22.7 Å². The molecule has 8 nitrogen and oxygen atoms in total. The average molecular weight is 401 g/mol. The SMILES string of the molecule is O=C1C(=O)N(c2cccnc2)C(c2ccc([N+](=O)[O-])cc2)/C1=C(/O)c1ccccc1. The van der Waals surface area contributed by atoms with E-state index in [1.165, 1.54) is 41.6 Å². The maximum Gasteiger partial charge on any atom is 0.300 e. The van der Waals surface area contributed by atoms with Crippen molar-refractivity contribution in [2.24, 2.45) is 0 Å². The fraction of sp³-hybridized carbons (Fsp3) is 0.0455. The molecule has 4 rings (SSSR count). The molecule has 1 saturated heterocycles. The number of ketones is 1. The Labute approximate surface area is 170 Å². The summed E-state index contributed by atoms with van der Waals surface area (Å²) in [6.07, 6.45) is 2.97. The van der Waals surface area contributed by atoms with Crippen molar-refractivity contribution in [3.8, 4) is 0 Å². The number of aromatic nitrogens is 1. The molecule has 1 amide bonds. The van der Waals surface area contributed by atoms with Crippen LogP contribution in [0.1, 0.15) is 17.2 Å². The summed E-state index contributed by atoms with van der Waals surface area (Å²) in [5, 5.41) is 21.9. The van der Waals surface area contributed by atoms with Gasteiger partial charge in [-0.25, -0.2) is 0 Å². The van der Waals surface area contributed by atoms with Crippen molar-refractivity contribution >= 4 is 28.8 Å². The minimum absolute atomic E-state index is 0.0936. The van der Waals surface area contributed by atoms with Crippen molar-refractivity contribution in [1.82, 2.24) is 4.98 Å². The van der Waals surface area contributed by atoms with Crippen LogP contribution in [0.25, 0.3) is 5.76 Å². The number of aliphatic hydroxyl groups excluding tert-OH is 1. The second kappa shape index (κ2) is 7.59. The third-order valence-electron chi connectivity index (χ3n) is 4.84. The first-order valence-corrected chi connectivity index (χ1v) is 9.00. The number of nitro groups is 1. The van der Waals surface area contributed by atoms with Crippen molar-refractivity contribution in [3.63, 3.8) is 0 Å². The summed E-state index contributed by atoms with van der Waals surface area (Å²) in [6.45, 7) is 0. The van der Waals surface area contributed by atoms with Crippen LogP contribution in [0.3, 0.4) is 0 Å². The zero-order chi connectivity index (χ0) is 21.3. The number of pyridine rings is 1. The highest BCUT2D eigenvalue weighted by molar-refractivity contribution is 6.51. The number of nitro benzene ring substituents is 1. The third kappa shape index (κ3) is 3.20. The van der Waals surface area contributed by atoms with Crippen LogP contribution in [0.5, 0.6) is 0 Å². The van der Waals surface area contributed by atoms with E-state index in [1.807, 2.05) is 0 Å². The van der Waals surface area contributed by atoms with E-state index in [2.05, 4.69) is 4.98 Å². The van der Waals surface area contributed by atoms with Gasteiger partial charge in [-0.3, -0.25) is 29.6 Å². The Balaban J connectivity index is 1.93. The molecular formula is C22H15N3O5. The summed E-state index contributed by atoms with van der Waals surface area (Å²) >= 11 is 0. The molecule has 1 N–H and O–H groups in total. The van der Waals surface area contributed by atoms with Gasteiger partial charge < -0.3 is 5.11 Å². The molecule has 3 aromatic rings. The van der Waals surface area contributed by atoms with Crippen molar-refractivity contribution in [2.75, 3.05) is 4.90 Å². The number of carbonyl (C=O) groups is 2. The highest BCUT2D eigenvalue weighted by Crippen LogP contribution is 2.42. The molecular weight excluding hydrogens is 386 g/mol. The first-order valence-electron chi connectivity index (χ1n) is 9.00. The number of aliphatic hydroxyl groups is 1. The Kier molecular flexibility index (Phi) is 4.81. The number of carbonyl (C=O) groups excluding carboxylic acids is 2. The maximum absolute atomic E-state index is 12.9. The van der Waals surface area contributed by atoms with Gasteiger partial charge in [0.2, 0.25) is 0 Å². The van der Waals surface area contributed by atoms with E-state index in [0.717, 1.165) is 0 Å². The summed E-state index contributed by atoms with van der Waals surface area (Å²) < 4.78 is 0. The molecule has 148 valence electrons. The molecule has 2 aromatic carbocycles. The maximum atomic E-state index is 12.9. The van der Waals surface area contributed by atoms with Crippen molar-refractivity contribution in [1.29, 1.82) is 0 Å². The number of hydrogen-bond acceptors (Lipinski definition) is 6. The third-order valence-corrected chi connectivity index (χ3v) is 4.84. The first-order chi connectivity index (χ1) is 14.5. The second-order valence-corrected chi connectivity index (χ2v) is 6.59. The number of rotatable bonds is 4. The number of hydrogen-bond donors (Lipinski definition) is 1. The Morgan fingerprint density at radius 3 is 2.30 bits per heavy atom. The number of non-ortho nitro benzene ring substituents is 1. The second-order valence-electron chi connectivity index (χ2n) is 6.59. The lowest BCUT2D eigenvalue weighted by atomic mass is 9.95. The molecule has 1 atom stereocenters. The van der Waals surface area contributed by atoms with Gasteiger partial charge in [0.15, 0.2) is 0 Å². The van der Waals surface area contributed by atoms with E-state index in [9.17, 15) is 24.8 Å². The largest absolute Gasteiger partial charge is 0.507 e. The lowest BCUT2D eigenvalue weighted by Crippen LogP contribution is -2.29. The van der Waals surface area contributed by atoms with Crippen LogP contribution in [0.15, 0.2) is 84.7 Å². The van der Waals surface area contributed by atoms with E-state index in [1.54, 1.807) is 42.5 Å². The predicted molar refractivity (Wildman–Crippen MR) is 109 cm³/mol. The van der Waals surface area contributed by atoms with Gasteiger partial charge >= 0.3 is 0 Å². The van der Waals surface area contributed by atoms with E-state index in [4.69, 9.17) is 0 Å². The Bertz CT molecular complexity index is 1160. The van der Waals surface area contributed by atoms with Crippen LogP contribution < -0.4 is 4.90 Å². The van der Waals surface area contributed by atoms with E-state index >= 15 is 0 Å². The predicted octanol–water partition coefficient (Wildman–Crippen LogP) is 3.62. The topological polar surface area (TPSA) is 114 Å². The van der Waals surface area contributed by atoms with Crippen LogP contribution in [0, 0.1) is 10.1 Å². The molecule has 1 aliphatic heterocycles. The first kappa shape index (κ1) is 19.0. The summed E-state index contributed by atoms with van der Waals surface area (Å²) in [6, 6.07) is 16.2. The van der Waals surface area contributed by atoms with Crippen LogP contribution in [-0.2, 0) is 9.59 Å². The fourth-order valence-corrected chi connectivity index (χ4v) is 3.44. The normalized spacial score (nSPS) is 17.9. The average Bonchev–Trinajstić information content (AvgIpc) is 3.05.